The fourth-order valence-corrected chi connectivity index (χ4v) is 3.28. The molecule has 2 amide bonds. The van der Waals surface area contributed by atoms with Crippen molar-refractivity contribution >= 4 is 11.8 Å². The normalized spacial score (nSPS) is 25.5. The maximum atomic E-state index is 12.0. The van der Waals surface area contributed by atoms with Crippen molar-refractivity contribution in [3.63, 3.8) is 0 Å². The third-order valence-electron chi connectivity index (χ3n) is 4.97. The van der Waals surface area contributed by atoms with Crippen molar-refractivity contribution in [1.29, 1.82) is 0 Å². The van der Waals surface area contributed by atoms with Crippen LogP contribution in [0.25, 0.3) is 0 Å². The predicted molar refractivity (Wildman–Crippen MR) is 95.2 cm³/mol. The second-order valence-electron chi connectivity index (χ2n) is 7.12. The maximum absolute atomic E-state index is 12.0. The van der Waals surface area contributed by atoms with E-state index in [1.54, 1.807) is 12.4 Å². The van der Waals surface area contributed by atoms with Crippen LogP contribution in [-0.2, 0) is 20.7 Å². The number of nitrogens with one attached hydrogen (secondary N) is 2. The lowest BCUT2D eigenvalue weighted by molar-refractivity contribution is -0.130. The molecule has 2 heterocycles. The van der Waals surface area contributed by atoms with Crippen LogP contribution in [-0.4, -0.2) is 53.3 Å². The Morgan fingerprint density at radius 2 is 1.96 bits per heavy atom. The molecule has 1 aliphatic carbocycles. The van der Waals surface area contributed by atoms with E-state index in [1.807, 2.05) is 12.1 Å². The van der Waals surface area contributed by atoms with Gasteiger partial charge in [-0.15, -0.1) is 0 Å². The number of rotatable bonds is 8. The Labute approximate surface area is 153 Å². The summed E-state index contributed by atoms with van der Waals surface area (Å²) in [5.74, 6) is 0.210. The molecule has 0 spiro atoms. The first-order valence-corrected chi connectivity index (χ1v) is 9.38. The fraction of sp³-hybridized carbons (Fsp3) is 0.632. The second kappa shape index (κ2) is 9.09. The van der Waals surface area contributed by atoms with E-state index in [9.17, 15) is 14.7 Å². The number of ether oxygens (including phenoxy) is 1. The molecule has 7 heteroatoms. The zero-order valence-electron chi connectivity index (χ0n) is 14.9. The van der Waals surface area contributed by atoms with E-state index in [0.29, 0.717) is 19.4 Å². The lowest BCUT2D eigenvalue weighted by Crippen LogP contribution is -2.51. The average molecular weight is 361 g/mol. The zero-order valence-corrected chi connectivity index (χ0v) is 14.9. The number of aliphatic hydroxyl groups is 1. The van der Waals surface area contributed by atoms with E-state index in [2.05, 4.69) is 15.6 Å². The highest BCUT2D eigenvalue weighted by atomic mass is 16.5. The van der Waals surface area contributed by atoms with Crippen LogP contribution >= 0.6 is 0 Å². The highest BCUT2D eigenvalue weighted by Crippen LogP contribution is 2.30. The maximum Gasteiger partial charge on any atom is 0.224 e. The van der Waals surface area contributed by atoms with Crippen LogP contribution in [0.5, 0.6) is 0 Å². The van der Waals surface area contributed by atoms with Gasteiger partial charge in [0.15, 0.2) is 0 Å². The number of hydrogen-bond donors (Lipinski definition) is 3. The van der Waals surface area contributed by atoms with E-state index < -0.39 is 0 Å². The van der Waals surface area contributed by atoms with Gasteiger partial charge in [0.2, 0.25) is 11.8 Å². The minimum Gasteiger partial charge on any atom is -0.394 e. The van der Waals surface area contributed by atoms with E-state index >= 15 is 0 Å². The minimum atomic E-state index is -0.371. The van der Waals surface area contributed by atoms with Crippen molar-refractivity contribution in [3.8, 4) is 0 Å². The third kappa shape index (κ3) is 5.51. The zero-order chi connectivity index (χ0) is 18.4. The summed E-state index contributed by atoms with van der Waals surface area (Å²) in [5.41, 5.74) is 0.931. The SMILES string of the molecule is O=C(Cc1ccncc1)NCC[C@@H]1CC[C@H](NC(=O)C2CC2)[C@@H](CO)O1. The summed E-state index contributed by atoms with van der Waals surface area (Å²) >= 11 is 0. The number of hydrogen-bond acceptors (Lipinski definition) is 5. The van der Waals surface area contributed by atoms with Crippen molar-refractivity contribution in [3.05, 3.63) is 30.1 Å². The molecule has 3 N–H and O–H groups in total. The van der Waals surface area contributed by atoms with Gasteiger partial charge in [-0.2, -0.15) is 0 Å². The molecule has 7 nitrogen and oxygen atoms in total. The quantitative estimate of drug-likeness (QED) is 0.628. The largest absolute Gasteiger partial charge is 0.394 e. The fourth-order valence-electron chi connectivity index (χ4n) is 3.28. The summed E-state index contributed by atoms with van der Waals surface area (Å²) in [6.07, 6.45) is 7.52. The minimum absolute atomic E-state index is 0.0116. The average Bonchev–Trinajstić information content (AvgIpc) is 3.49. The van der Waals surface area contributed by atoms with Crippen molar-refractivity contribution in [2.24, 2.45) is 5.92 Å². The Bertz CT molecular complexity index is 606. The number of nitrogens with zero attached hydrogens (tertiary/aromatic N) is 1. The number of pyridine rings is 1. The standard InChI is InChI=1S/C19H27N3O4/c23-12-17-16(22-19(25)14-1-2-14)4-3-15(26-17)7-10-21-18(24)11-13-5-8-20-9-6-13/h5-6,8-9,14-17,23H,1-4,7,10-12H2,(H,21,24)(H,22,25)/t15-,16-,17+/m0/s1. The topological polar surface area (TPSA) is 101 Å². The van der Waals surface area contributed by atoms with Crippen LogP contribution in [0.2, 0.25) is 0 Å². The number of aromatic nitrogens is 1. The Morgan fingerprint density at radius 3 is 2.65 bits per heavy atom. The van der Waals surface area contributed by atoms with E-state index in [0.717, 1.165) is 31.2 Å². The monoisotopic (exact) mass is 361 g/mol. The third-order valence-corrected chi connectivity index (χ3v) is 4.97. The second-order valence-corrected chi connectivity index (χ2v) is 7.12. The van der Waals surface area contributed by atoms with Crippen LogP contribution in [0.1, 0.15) is 37.7 Å². The molecular formula is C19H27N3O4. The highest BCUT2D eigenvalue weighted by Gasteiger charge is 2.36. The van der Waals surface area contributed by atoms with Gasteiger partial charge in [-0.05, 0) is 49.8 Å². The van der Waals surface area contributed by atoms with Gasteiger partial charge >= 0.3 is 0 Å². The van der Waals surface area contributed by atoms with Gasteiger partial charge < -0.3 is 20.5 Å². The highest BCUT2D eigenvalue weighted by molar-refractivity contribution is 5.81. The first-order chi connectivity index (χ1) is 12.7. The Kier molecular flexibility index (Phi) is 6.57. The number of carbonyl (C=O) groups excluding carboxylic acids is 2. The molecule has 26 heavy (non-hydrogen) atoms. The Morgan fingerprint density at radius 1 is 1.19 bits per heavy atom. The summed E-state index contributed by atoms with van der Waals surface area (Å²) in [7, 11) is 0. The van der Waals surface area contributed by atoms with Gasteiger partial charge in [-0.3, -0.25) is 14.6 Å². The summed E-state index contributed by atoms with van der Waals surface area (Å²) < 4.78 is 5.93. The van der Waals surface area contributed by atoms with Crippen molar-refractivity contribution in [2.45, 2.75) is 56.8 Å². The summed E-state index contributed by atoms with van der Waals surface area (Å²) in [6, 6.07) is 3.53. The molecule has 0 unspecified atom stereocenters. The molecule has 0 radical (unpaired) electrons. The lowest BCUT2D eigenvalue weighted by atomic mass is 9.97. The van der Waals surface area contributed by atoms with Gasteiger partial charge in [-0.25, -0.2) is 0 Å². The lowest BCUT2D eigenvalue weighted by Gasteiger charge is -2.36. The van der Waals surface area contributed by atoms with E-state index in [1.165, 1.54) is 0 Å². The molecule has 3 atom stereocenters. The van der Waals surface area contributed by atoms with Crippen LogP contribution in [0.15, 0.2) is 24.5 Å². The molecule has 3 rings (SSSR count). The molecule has 1 aromatic rings. The van der Waals surface area contributed by atoms with Gasteiger partial charge in [0.25, 0.3) is 0 Å². The van der Waals surface area contributed by atoms with Crippen molar-refractivity contribution < 1.29 is 19.4 Å². The van der Waals surface area contributed by atoms with E-state index in [4.69, 9.17) is 4.74 Å². The Balaban J connectivity index is 1.36. The Hall–Kier alpha value is -1.99. The first-order valence-electron chi connectivity index (χ1n) is 9.38. The molecule has 0 bridgehead atoms. The van der Waals surface area contributed by atoms with Gasteiger partial charge in [0.05, 0.1) is 25.2 Å². The van der Waals surface area contributed by atoms with Crippen LogP contribution in [0, 0.1) is 5.92 Å². The molecule has 2 aliphatic rings. The first kappa shape index (κ1) is 18.8. The van der Waals surface area contributed by atoms with Crippen molar-refractivity contribution in [2.75, 3.05) is 13.2 Å². The molecular weight excluding hydrogens is 334 g/mol. The van der Waals surface area contributed by atoms with Crippen molar-refractivity contribution in [1.82, 2.24) is 15.6 Å². The van der Waals surface area contributed by atoms with Crippen LogP contribution in [0.3, 0.4) is 0 Å². The van der Waals surface area contributed by atoms with Gasteiger partial charge in [-0.1, -0.05) is 0 Å². The van der Waals surface area contributed by atoms with Crippen LogP contribution in [0.4, 0.5) is 0 Å². The van der Waals surface area contributed by atoms with Gasteiger partial charge in [0.1, 0.15) is 6.10 Å². The smallest absolute Gasteiger partial charge is 0.224 e. The molecule has 1 aliphatic heterocycles. The molecule has 1 saturated carbocycles. The molecule has 1 aromatic heterocycles. The molecule has 2 fully saturated rings. The molecule has 1 saturated heterocycles. The molecule has 142 valence electrons. The van der Waals surface area contributed by atoms with Gasteiger partial charge in [0, 0.05) is 24.9 Å². The number of aliphatic hydroxyl groups excluding tert-OH is 1. The van der Waals surface area contributed by atoms with Crippen LogP contribution < -0.4 is 10.6 Å². The molecule has 0 aromatic carbocycles. The summed E-state index contributed by atoms with van der Waals surface area (Å²) in [4.78, 5) is 27.8. The predicted octanol–water partition coefficient (Wildman–Crippen LogP) is 0.565. The number of amides is 2. The summed E-state index contributed by atoms with van der Waals surface area (Å²) in [6.45, 7) is 0.423. The number of carbonyl (C=O) groups is 2. The van der Waals surface area contributed by atoms with E-state index in [-0.39, 0.29) is 42.6 Å². The summed E-state index contributed by atoms with van der Waals surface area (Å²) in [5, 5.41) is 15.5.